The Labute approximate surface area is 97.6 Å². The molecule has 0 saturated carbocycles. The first kappa shape index (κ1) is 16.6. The third-order valence-corrected chi connectivity index (χ3v) is 2.39. The molecule has 0 spiro atoms. The monoisotopic (exact) mass is 338 g/mol. The first-order valence-electron chi connectivity index (χ1n) is 3.70. The number of alkyl halides is 9. The van der Waals surface area contributed by atoms with Gasteiger partial charge < -0.3 is 0 Å². The van der Waals surface area contributed by atoms with Gasteiger partial charge in [0.05, 0.1) is 6.42 Å². The van der Waals surface area contributed by atoms with E-state index in [0.29, 0.717) is 0 Å². The van der Waals surface area contributed by atoms with Crippen molar-refractivity contribution in [3.63, 3.8) is 0 Å². The van der Waals surface area contributed by atoms with E-state index in [1.54, 1.807) is 0 Å². The summed E-state index contributed by atoms with van der Waals surface area (Å²) >= 11 is 1.86. The van der Waals surface area contributed by atoms with Gasteiger partial charge in [-0.25, -0.2) is 4.39 Å². The summed E-state index contributed by atoms with van der Waals surface area (Å²) < 4.78 is 108. The van der Waals surface area contributed by atoms with Gasteiger partial charge in [0.25, 0.3) is 0 Å². The summed E-state index contributed by atoms with van der Waals surface area (Å²) in [5.74, 6) is -5.83. The van der Waals surface area contributed by atoms with E-state index in [9.17, 15) is 39.5 Å². The fourth-order valence-electron chi connectivity index (χ4n) is 0.756. The highest BCUT2D eigenvalue weighted by Gasteiger charge is 2.68. The van der Waals surface area contributed by atoms with E-state index in [-0.39, 0.29) is 0 Å². The van der Waals surface area contributed by atoms with E-state index in [4.69, 9.17) is 0 Å². The van der Waals surface area contributed by atoms with E-state index < -0.39 is 34.8 Å². The maximum absolute atomic E-state index is 13.2. The highest BCUT2D eigenvalue weighted by molar-refractivity contribution is 9.11. The van der Waals surface area contributed by atoms with Gasteiger partial charge in [-0.3, -0.25) is 0 Å². The van der Waals surface area contributed by atoms with Crippen LogP contribution >= 0.6 is 15.9 Å². The van der Waals surface area contributed by atoms with E-state index in [2.05, 4.69) is 6.58 Å². The lowest BCUT2D eigenvalue weighted by Crippen LogP contribution is -2.50. The zero-order valence-electron chi connectivity index (χ0n) is 7.69. The number of allylic oxidation sites excluding steroid dienone is 1. The number of hydrogen-bond donors (Lipinski definition) is 0. The van der Waals surface area contributed by atoms with Crippen LogP contribution < -0.4 is 0 Å². The van der Waals surface area contributed by atoms with Gasteiger partial charge in [-0.05, 0) is 0 Å². The Bertz CT molecular complexity index is 301. The Morgan fingerprint density at radius 1 is 0.824 bits per heavy atom. The molecule has 0 radical (unpaired) electrons. The molecule has 0 aliphatic carbocycles. The van der Waals surface area contributed by atoms with Gasteiger partial charge in [0.1, 0.15) is 0 Å². The average molecular weight is 339 g/mol. The molecule has 0 heterocycles. The van der Waals surface area contributed by atoms with Crippen molar-refractivity contribution in [1.29, 1.82) is 0 Å². The van der Waals surface area contributed by atoms with Crippen molar-refractivity contribution in [3.05, 3.63) is 11.1 Å². The summed E-state index contributed by atoms with van der Waals surface area (Å²) in [6.45, 7) is 2.38. The van der Waals surface area contributed by atoms with Crippen LogP contribution in [0.15, 0.2) is 11.1 Å². The van der Waals surface area contributed by atoms with Gasteiger partial charge in [0.2, 0.25) is 5.67 Å². The second-order valence-electron chi connectivity index (χ2n) is 3.08. The van der Waals surface area contributed by atoms with E-state index in [1.165, 1.54) is 0 Å². The van der Waals surface area contributed by atoms with Crippen molar-refractivity contribution in [2.45, 2.75) is 30.4 Å². The molecule has 0 unspecified atom stereocenters. The molecular formula is C7H4BrF9. The molecule has 0 rings (SSSR count). The van der Waals surface area contributed by atoms with Gasteiger partial charge in [0.15, 0.2) is 0 Å². The van der Waals surface area contributed by atoms with Gasteiger partial charge in [-0.15, -0.1) is 0 Å². The van der Waals surface area contributed by atoms with Crippen LogP contribution in [0.2, 0.25) is 0 Å². The largest absolute Gasteiger partial charge is 0.453 e. The van der Waals surface area contributed by atoms with Crippen LogP contribution in [0.5, 0.6) is 0 Å². The van der Waals surface area contributed by atoms with Crippen LogP contribution in [-0.4, -0.2) is 23.9 Å². The van der Waals surface area contributed by atoms with Crippen LogP contribution in [-0.2, 0) is 0 Å². The highest BCUT2D eigenvalue weighted by Crippen LogP contribution is 2.51. The Hall–Kier alpha value is -0.410. The standard InChI is InChI=1S/C7H4BrF9/c1-3(8)4(9,6(12,13)14)2-5(10,11)7(15,16)17/h1-2H2/t4-/m0/s1. The summed E-state index contributed by atoms with van der Waals surface area (Å²) in [5.41, 5.74) is -4.87. The summed E-state index contributed by atoms with van der Waals surface area (Å²) in [6.07, 6.45) is -15.3. The van der Waals surface area contributed by atoms with Gasteiger partial charge in [-0.2, -0.15) is 35.1 Å². The lowest BCUT2D eigenvalue weighted by atomic mass is 9.96. The number of halogens is 10. The molecule has 0 amide bonds. The second kappa shape index (κ2) is 4.36. The molecule has 0 aromatic rings. The molecule has 0 aliphatic heterocycles. The van der Waals surface area contributed by atoms with Crippen LogP contribution in [0.4, 0.5) is 39.5 Å². The first-order chi connectivity index (χ1) is 7.15. The average Bonchev–Trinajstić information content (AvgIpc) is 1.98. The van der Waals surface area contributed by atoms with E-state index in [1.807, 2.05) is 15.9 Å². The maximum atomic E-state index is 13.2. The van der Waals surface area contributed by atoms with Crippen molar-refractivity contribution >= 4 is 15.9 Å². The molecule has 102 valence electrons. The molecule has 0 saturated heterocycles. The van der Waals surface area contributed by atoms with Crippen LogP contribution in [0.25, 0.3) is 0 Å². The van der Waals surface area contributed by atoms with Crippen LogP contribution in [0.1, 0.15) is 6.42 Å². The molecule has 0 aromatic carbocycles. The molecular weight excluding hydrogens is 335 g/mol. The third-order valence-electron chi connectivity index (χ3n) is 1.76. The molecule has 0 bridgehead atoms. The van der Waals surface area contributed by atoms with Crippen molar-refractivity contribution in [1.82, 2.24) is 0 Å². The number of hydrogen-bond acceptors (Lipinski definition) is 0. The summed E-state index contributed by atoms with van der Waals surface area (Å²) in [5, 5.41) is 0. The maximum Gasteiger partial charge on any atom is 0.453 e. The number of rotatable bonds is 3. The highest BCUT2D eigenvalue weighted by atomic mass is 79.9. The molecule has 10 heteroatoms. The van der Waals surface area contributed by atoms with Crippen LogP contribution in [0, 0.1) is 0 Å². The third kappa shape index (κ3) is 3.29. The Balaban J connectivity index is 5.39. The van der Waals surface area contributed by atoms with Gasteiger partial charge in [-0.1, -0.05) is 22.5 Å². The summed E-state index contributed by atoms with van der Waals surface area (Å²) in [4.78, 5) is 0. The quantitative estimate of drug-likeness (QED) is 0.651. The summed E-state index contributed by atoms with van der Waals surface area (Å²) in [6, 6.07) is 0. The van der Waals surface area contributed by atoms with Crippen molar-refractivity contribution in [3.8, 4) is 0 Å². The minimum absolute atomic E-state index is 1.65. The summed E-state index contributed by atoms with van der Waals surface area (Å²) in [7, 11) is 0. The van der Waals surface area contributed by atoms with E-state index >= 15 is 0 Å². The molecule has 0 nitrogen and oxygen atoms in total. The molecule has 0 N–H and O–H groups in total. The minimum Gasteiger partial charge on any atom is -0.228 e. The SMILES string of the molecule is C=C(Br)[C@@](F)(CC(F)(F)C(F)(F)F)C(F)(F)F. The predicted octanol–water partition coefficient (Wildman–Crippen LogP) is 4.75. The van der Waals surface area contributed by atoms with Crippen LogP contribution in [0.3, 0.4) is 0 Å². The Morgan fingerprint density at radius 2 is 1.18 bits per heavy atom. The molecule has 0 fully saturated rings. The molecule has 17 heavy (non-hydrogen) atoms. The van der Waals surface area contributed by atoms with Crippen molar-refractivity contribution in [2.24, 2.45) is 0 Å². The topological polar surface area (TPSA) is 0 Å². The van der Waals surface area contributed by atoms with Crippen molar-refractivity contribution in [2.75, 3.05) is 0 Å². The Kier molecular flexibility index (Phi) is 4.25. The molecule has 1 atom stereocenters. The fourth-order valence-corrected chi connectivity index (χ4v) is 1.12. The Morgan fingerprint density at radius 3 is 1.35 bits per heavy atom. The second-order valence-corrected chi connectivity index (χ2v) is 4.04. The predicted molar refractivity (Wildman–Crippen MR) is 43.6 cm³/mol. The zero-order chi connectivity index (χ0) is 14.3. The molecule has 0 aliphatic rings. The first-order valence-corrected chi connectivity index (χ1v) is 4.49. The van der Waals surface area contributed by atoms with Gasteiger partial charge >= 0.3 is 18.3 Å². The smallest absolute Gasteiger partial charge is 0.228 e. The molecule has 0 aromatic heterocycles. The van der Waals surface area contributed by atoms with E-state index in [0.717, 1.165) is 0 Å². The lowest BCUT2D eigenvalue weighted by Gasteiger charge is -2.31. The fraction of sp³-hybridized carbons (Fsp3) is 0.714. The van der Waals surface area contributed by atoms with Gasteiger partial charge in [0, 0.05) is 4.48 Å². The normalized spacial score (nSPS) is 17.8. The zero-order valence-corrected chi connectivity index (χ0v) is 9.28. The van der Waals surface area contributed by atoms with Crippen molar-refractivity contribution < 1.29 is 39.5 Å². The minimum atomic E-state index is -6.28. The lowest BCUT2D eigenvalue weighted by molar-refractivity contribution is -0.310.